The van der Waals surface area contributed by atoms with E-state index in [1.165, 1.54) is 12.1 Å². The molecule has 0 heterocycles. The van der Waals surface area contributed by atoms with Crippen LogP contribution in [0.15, 0.2) is 58.8 Å². The Balaban J connectivity index is 1.95. The molecule has 154 valence electrons. The lowest BCUT2D eigenvalue weighted by molar-refractivity contribution is -0.384. The Morgan fingerprint density at radius 2 is 1.55 bits per heavy atom. The van der Waals surface area contributed by atoms with Gasteiger partial charge in [-0.25, -0.2) is 0 Å². The number of anilines is 1. The van der Waals surface area contributed by atoms with Crippen molar-refractivity contribution in [1.29, 1.82) is 0 Å². The Labute approximate surface area is 170 Å². The molecule has 0 aromatic heterocycles. The fraction of sp³-hybridized carbons (Fsp3) is 0.381. The number of esters is 1. The van der Waals surface area contributed by atoms with E-state index in [0.717, 1.165) is 12.2 Å². The average molecular weight is 398 g/mol. The van der Waals surface area contributed by atoms with Gasteiger partial charge in [0.15, 0.2) is 0 Å². The molecular weight excluding hydrogens is 372 g/mol. The zero-order chi connectivity index (χ0) is 21.4. The van der Waals surface area contributed by atoms with E-state index in [1.807, 2.05) is 52.0 Å². The second kappa shape index (κ2) is 9.77. The molecule has 0 fully saturated rings. The largest absolute Gasteiger partial charge is 0.463 e. The van der Waals surface area contributed by atoms with E-state index in [9.17, 15) is 14.9 Å². The lowest BCUT2D eigenvalue weighted by Gasteiger charge is -2.24. The number of likely N-dealkylation sites (N-methyl/N-ethyl adjacent to an activating group) is 1. The predicted octanol–water partition coefficient (Wildman–Crippen LogP) is 5.43. The minimum Gasteiger partial charge on any atom is -0.463 e. The van der Waals surface area contributed by atoms with Gasteiger partial charge in [0, 0.05) is 24.4 Å². The number of ether oxygens (including phenoxy) is 1. The Morgan fingerprint density at radius 3 is 2.00 bits per heavy atom. The maximum absolute atomic E-state index is 11.9. The van der Waals surface area contributed by atoms with Crippen molar-refractivity contribution in [2.75, 3.05) is 24.6 Å². The van der Waals surface area contributed by atoms with Crippen molar-refractivity contribution in [1.82, 2.24) is 0 Å². The quantitative estimate of drug-likeness (QED) is 0.256. The number of carbonyl (C=O) groups excluding carboxylic acids is 1. The molecule has 0 saturated heterocycles. The summed E-state index contributed by atoms with van der Waals surface area (Å²) in [4.78, 5) is 24.2. The number of nitro groups is 1. The van der Waals surface area contributed by atoms with Gasteiger partial charge in [-0.05, 0) is 64.1 Å². The van der Waals surface area contributed by atoms with Gasteiger partial charge in [0.05, 0.1) is 28.3 Å². The summed E-state index contributed by atoms with van der Waals surface area (Å²) in [5, 5.41) is 18.9. The number of nitrogens with zero attached hydrogens (tertiary/aromatic N) is 4. The van der Waals surface area contributed by atoms with Crippen LogP contribution in [-0.4, -0.2) is 30.6 Å². The summed E-state index contributed by atoms with van der Waals surface area (Å²) < 4.78 is 5.34. The van der Waals surface area contributed by atoms with E-state index in [0.29, 0.717) is 24.5 Å². The third kappa shape index (κ3) is 6.67. The molecule has 2 rings (SSSR count). The standard InChI is InChI=1S/C21H26N4O4/c1-5-24(14-15-29-20(26)21(2,3)4)18-10-6-16(7-11-18)22-23-17-8-12-19(13-9-17)25(27)28/h6-13H,5,14-15H2,1-4H3. The molecule has 8 nitrogen and oxygen atoms in total. The minimum absolute atomic E-state index is 0.0149. The molecular formula is C21H26N4O4. The van der Waals surface area contributed by atoms with Crippen LogP contribution in [0.4, 0.5) is 22.7 Å². The Hall–Kier alpha value is -3.29. The molecule has 0 aliphatic heterocycles. The van der Waals surface area contributed by atoms with E-state index in [1.54, 1.807) is 12.1 Å². The second-order valence-corrected chi connectivity index (χ2v) is 7.46. The molecule has 0 N–H and O–H groups in total. The third-order valence-electron chi connectivity index (χ3n) is 4.14. The summed E-state index contributed by atoms with van der Waals surface area (Å²) >= 11 is 0. The zero-order valence-corrected chi connectivity index (χ0v) is 17.2. The van der Waals surface area contributed by atoms with Crippen LogP contribution in [0.5, 0.6) is 0 Å². The molecule has 0 spiro atoms. The fourth-order valence-electron chi connectivity index (χ4n) is 2.42. The van der Waals surface area contributed by atoms with Crippen LogP contribution in [0.25, 0.3) is 0 Å². The van der Waals surface area contributed by atoms with Gasteiger partial charge in [-0.3, -0.25) is 14.9 Å². The number of hydrogen-bond acceptors (Lipinski definition) is 7. The van der Waals surface area contributed by atoms with E-state index < -0.39 is 10.3 Å². The van der Waals surface area contributed by atoms with Crippen LogP contribution in [0.3, 0.4) is 0 Å². The van der Waals surface area contributed by atoms with Gasteiger partial charge < -0.3 is 9.64 Å². The highest BCUT2D eigenvalue weighted by Crippen LogP contribution is 2.24. The van der Waals surface area contributed by atoms with Crippen LogP contribution >= 0.6 is 0 Å². The maximum Gasteiger partial charge on any atom is 0.311 e. The van der Waals surface area contributed by atoms with Crippen molar-refractivity contribution in [2.45, 2.75) is 27.7 Å². The summed E-state index contributed by atoms with van der Waals surface area (Å²) in [7, 11) is 0. The van der Waals surface area contributed by atoms with Crippen molar-refractivity contribution in [3.63, 3.8) is 0 Å². The molecule has 0 aliphatic rings. The van der Waals surface area contributed by atoms with Crippen molar-refractivity contribution in [3.8, 4) is 0 Å². The van der Waals surface area contributed by atoms with E-state index >= 15 is 0 Å². The second-order valence-electron chi connectivity index (χ2n) is 7.46. The normalized spacial score (nSPS) is 11.4. The number of benzene rings is 2. The molecule has 0 aliphatic carbocycles. The van der Waals surface area contributed by atoms with Gasteiger partial charge in [0.25, 0.3) is 5.69 Å². The van der Waals surface area contributed by atoms with Crippen LogP contribution in [0.2, 0.25) is 0 Å². The first-order valence-corrected chi connectivity index (χ1v) is 9.39. The van der Waals surface area contributed by atoms with Gasteiger partial charge in [-0.15, -0.1) is 0 Å². The molecule has 2 aromatic rings. The smallest absolute Gasteiger partial charge is 0.311 e. The number of nitro benzene ring substituents is 1. The average Bonchev–Trinajstić information content (AvgIpc) is 2.69. The van der Waals surface area contributed by atoms with Gasteiger partial charge in [-0.1, -0.05) is 0 Å². The monoisotopic (exact) mass is 398 g/mol. The molecule has 0 unspecified atom stereocenters. The highest BCUT2D eigenvalue weighted by molar-refractivity contribution is 5.75. The minimum atomic E-state index is -0.507. The molecule has 0 radical (unpaired) electrons. The summed E-state index contributed by atoms with van der Waals surface area (Å²) in [6.07, 6.45) is 0. The first-order valence-electron chi connectivity index (χ1n) is 9.39. The number of non-ortho nitro benzene ring substituents is 1. The molecule has 0 amide bonds. The summed E-state index contributed by atoms with van der Waals surface area (Å²) in [6.45, 7) is 9.22. The molecule has 0 bridgehead atoms. The van der Waals surface area contributed by atoms with Crippen LogP contribution in [0.1, 0.15) is 27.7 Å². The lowest BCUT2D eigenvalue weighted by atomic mass is 9.97. The summed E-state index contributed by atoms with van der Waals surface area (Å²) in [5.41, 5.74) is 1.71. The number of hydrogen-bond donors (Lipinski definition) is 0. The fourth-order valence-corrected chi connectivity index (χ4v) is 2.42. The Bertz CT molecular complexity index is 856. The van der Waals surface area contributed by atoms with E-state index in [4.69, 9.17) is 4.74 Å². The highest BCUT2D eigenvalue weighted by atomic mass is 16.6. The first-order chi connectivity index (χ1) is 13.7. The number of carbonyl (C=O) groups is 1. The molecule has 8 heteroatoms. The number of rotatable bonds is 8. The van der Waals surface area contributed by atoms with Crippen LogP contribution in [-0.2, 0) is 9.53 Å². The van der Waals surface area contributed by atoms with Gasteiger partial charge >= 0.3 is 5.97 Å². The Kier molecular flexibility index (Phi) is 7.41. The Morgan fingerprint density at radius 1 is 1.03 bits per heavy atom. The highest BCUT2D eigenvalue weighted by Gasteiger charge is 2.22. The van der Waals surface area contributed by atoms with E-state index in [2.05, 4.69) is 15.1 Å². The zero-order valence-electron chi connectivity index (χ0n) is 17.2. The molecule has 0 saturated carbocycles. The predicted molar refractivity (Wildman–Crippen MR) is 112 cm³/mol. The van der Waals surface area contributed by atoms with Crippen LogP contribution < -0.4 is 4.90 Å². The summed E-state index contributed by atoms with van der Waals surface area (Å²) in [6, 6.07) is 13.4. The van der Waals surface area contributed by atoms with Gasteiger partial charge in [0.2, 0.25) is 0 Å². The SMILES string of the molecule is CCN(CCOC(=O)C(C)(C)C)c1ccc(N=Nc2ccc([N+](=O)[O-])cc2)cc1. The van der Waals surface area contributed by atoms with Crippen LogP contribution in [0, 0.1) is 15.5 Å². The molecule has 2 aromatic carbocycles. The van der Waals surface area contributed by atoms with Gasteiger partial charge in [-0.2, -0.15) is 10.2 Å². The van der Waals surface area contributed by atoms with Crippen molar-refractivity contribution in [3.05, 3.63) is 58.6 Å². The van der Waals surface area contributed by atoms with E-state index in [-0.39, 0.29) is 11.7 Å². The molecule has 29 heavy (non-hydrogen) atoms. The van der Waals surface area contributed by atoms with Crippen molar-refractivity contribution in [2.24, 2.45) is 15.6 Å². The van der Waals surface area contributed by atoms with Crippen molar-refractivity contribution >= 4 is 28.7 Å². The first kappa shape index (κ1) is 22.0. The van der Waals surface area contributed by atoms with Gasteiger partial charge in [0.1, 0.15) is 6.61 Å². The third-order valence-corrected chi connectivity index (χ3v) is 4.14. The topological polar surface area (TPSA) is 97.4 Å². The van der Waals surface area contributed by atoms with Crippen molar-refractivity contribution < 1.29 is 14.5 Å². The maximum atomic E-state index is 11.9. The summed E-state index contributed by atoms with van der Waals surface area (Å²) in [5.74, 6) is -0.212. The molecule has 0 atom stereocenters. The lowest BCUT2D eigenvalue weighted by Crippen LogP contribution is -2.30. The number of azo groups is 1.